The first kappa shape index (κ1) is 22.9. The van der Waals surface area contributed by atoms with Crippen LogP contribution in [-0.4, -0.2) is 22.5 Å². The predicted molar refractivity (Wildman–Crippen MR) is 124 cm³/mol. The van der Waals surface area contributed by atoms with Crippen molar-refractivity contribution in [1.29, 1.82) is 0 Å². The summed E-state index contributed by atoms with van der Waals surface area (Å²) in [7, 11) is 0. The molecule has 2 unspecified atom stereocenters. The summed E-state index contributed by atoms with van der Waals surface area (Å²) >= 11 is 1.67. The molecule has 0 saturated heterocycles. The second-order valence-electron chi connectivity index (χ2n) is 8.83. The Labute approximate surface area is 184 Å². The van der Waals surface area contributed by atoms with Crippen LogP contribution in [0.3, 0.4) is 0 Å². The molecular weight excluding hydrogens is 394 g/mol. The molecule has 2 atom stereocenters. The van der Waals surface area contributed by atoms with Crippen LogP contribution >= 0.6 is 11.3 Å². The number of benzene rings is 1. The highest BCUT2D eigenvalue weighted by Crippen LogP contribution is 2.41. The van der Waals surface area contributed by atoms with Crippen molar-refractivity contribution >= 4 is 22.9 Å². The minimum atomic E-state index is -0.456. The normalized spacial score (nSPS) is 18.8. The van der Waals surface area contributed by atoms with Gasteiger partial charge in [0.15, 0.2) is 0 Å². The Kier molecular flexibility index (Phi) is 7.66. The van der Waals surface area contributed by atoms with Crippen molar-refractivity contribution in [3.05, 3.63) is 45.9 Å². The number of aryl methyl sites for hydroxylation is 1. The maximum Gasteiger partial charge on any atom is 0.246 e. The summed E-state index contributed by atoms with van der Waals surface area (Å²) < 4.78 is 0. The van der Waals surface area contributed by atoms with Gasteiger partial charge in [0.25, 0.3) is 0 Å². The van der Waals surface area contributed by atoms with Gasteiger partial charge in [-0.15, -0.1) is 11.3 Å². The maximum atomic E-state index is 13.4. The first-order valence-corrected chi connectivity index (χ1v) is 12.0. The summed E-state index contributed by atoms with van der Waals surface area (Å²) in [6, 6.07) is 6.09. The number of amides is 1. The molecule has 2 aromatic rings. The van der Waals surface area contributed by atoms with Crippen molar-refractivity contribution in [2.75, 3.05) is 11.6 Å². The number of anilines is 1. The fourth-order valence-electron chi connectivity index (χ4n) is 3.99. The van der Waals surface area contributed by atoms with Crippen LogP contribution in [0.15, 0.2) is 29.8 Å². The molecule has 1 aliphatic rings. The van der Waals surface area contributed by atoms with Gasteiger partial charge in [0.2, 0.25) is 5.91 Å². The summed E-state index contributed by atoms with van der Waals surface area (Å²) in [5.41, 5.74) is 6.00. The van der Waals surface area contributed by atoms with Gasteiger partial charge >= 0.3 is 0 Å². The van der Waals surface area contributed by atoms with Crippen LogP contribution in [0.2, 0.25) is 0 Å². The lowest BCUT2D eigenvalue weighted by molar-refractivity contribution is -0.127. The predicted octanol–water partition coefficient (Wildman–Crippen LogP) is 5.37. The number of nitrogens with zero attached hydrogens (tertiary/aromatic N) is 2. The van der Waals surface area contributed by atoms with E-state index in [1.54, 1.807) is 16.3 Å². The molecule has 0 aliphatic heterocycles. The summed E-state index contributed by atoms with van der Waals surface area (Å²) in [4.78, 5) is 17.7. The van der Waals surface area contributed by atoms with E-state index in [-0.39, 0.29) is 5.91 Å². The van der Waals surface area contributed by atoms with E-state index in [0.29, 0.717) is 12.5 Å². The van der Waals surface area contributed by atoms with E-state index in [9.17, 15) is 9.90 Å². The van der Waals surface area contributed by atoms with Crippen molar-refractivity contribution in [2.24, 2.45) is 5.41 Å². The molecule has 0 radical (unpaired) electrons. The van der Waals surface area contributed by atoms with Crippen LogP contribution in [0.25, 0.3) is 0 Å². The molecule has 0 bridgehead atoms. The van der Waals surface area contributed by atoms with Crippen molar-refractivity contribution in [3.8, 4) is 0 Å². The molecule has 6 heteroatoms. The Morgan fingerprint density at radius 1 is 1.30 bits per heavy atom. The second-order valence-corrected chi connectivity index (χ2v) is 9.81. The van der Waals surface area contributed by atoms with Gasteiger partial charge in [0.05, 0.1) is 16.8 Å². The quantitative estimate of drug-likeness (QED) is 0.415. The Hall–Kier alpha value is -1.76. The average molecular weight is 430 g/mol. The van der Waals surface area contributed by atoms with E-state index >= 15 is 0 Å². The number of aliphatic hydroxyl groups is 1. The van der Waals surface area contributed by atoms with Gasteiger partial charge < -0.3 is 5.11 Å². The molecule has 1 aliphatic carbocycles. The molecule has 2 N–H and O–H groups in total. The van der Waals surface area contributed by atoms with Crippen molar-refractivity contribution in [1.82, 2.24) is 10.4 Å². The highest BCUT2D eigenvalue weighted by molar-refractivity contribution is 7.09. The number of hydrogen-bond acceptors (Lipinski definition) is 5. The number of hydrazine groups is 1. The smallest absolute Gasteiger partial charge is 0.246 e. The zero-order valence-corrected chi connectivity index (χ0v) is 19.5. The monoisotopic (exact) mass is 429 g/mol. The molecule has 30 heavy (non-hydrogen) atoms. The molecule has 1 aromatic carbocycles. The third-order valence-electron chi connectivity index (χ3n) is 6.40. The number of aromatic nitrogens is 1. The Bertz CT molecular complexity index is 835. The van der Waals surface area contributed by atoms with Crippen LogP contribution in [0, 0.1) is 5.41 Å². The van der Waals surface area contributed by atoms with Gasteiger partial charge in [0.1, 0.15) is 0 Å². The summed E-state index contributed by atoms with van der Waals surface area (Å²) in [6.45, 7) is 8.93. The minimum Gasteiger partial charge on any atom is -0.388 e. The number of nitrogens with one attached hydrogen (secondary N) is 1. The van der Waals surface area contributed by atoms with Crippen molar-refractivity contribution < 1.29 is 9.90 Å². The maximum absolute atomic E-state index is 13.4. The third kappa shape index (κ3) is 5.10. The summed E-state index contributed by atoms with van der Waals surface area (Å²) in [5, 5.41) is 15.3. The molecule has 0 spiro atoms. The zero-order valence-electron chi connectivity index (χ0n) is 18.6. The molecule has 0 saturated carbocycles. The van der Waals surface area contributed by atoms with E-state index in [1.807, 2.05) is 37.6 Å². The number of thiazole rings is 1. The first-order valence-electron chi connectivity index (χ1n) is 11.2. The number of hydrogen-bond donors (Lipinski definition) is 2. The third-order valence-corrected chi connectivity index (χ3v) is 7.23. The lowest BCUT2D eigenvalue weighted by atomic mass is 9.79. The molecule has 0 fully saturated rings. The van der Waals surface area contributed by atoms with E-state index in [1.165, 1.54) is 5.56 Å². The molecule has 5 nitrogen and oxygen atoms in total. The van der Waals surface area contributed by atoms with Crippen LogP contribution in [0.1, 0.15) is 88.0 Å². The van der Waals surface area contributed by atoms with Crippen molar-refractivity contribution in [2.45, 2.75) is 78.2 Å². The van der Waals surface area contributed by atoms with E-state index < -0.39 is 11.5 Å². The van der Waals surface area contributed by atoms with Crippen LogP contribution in [0.4, 0.5) is 5.69 Å². The first-order chi connectivity index (χ1) is 14.4. The molecule has 164 valence electrons. The van der Waals surface area contributed by atoms with Gasteiger partial charge in [-0.2, -0.15) is 0 Å². The number of rotatable bonds is 9. The molecular formula is C24H35N3O2S. The van der Waals surface area contributed by atoms with Gasteiger partial charge in [-0.1, -0.05) is 33.8 Å². The van der Waals surface area contributed by atoms with Crippen LogP contribution in [-0.2, 0) is 11.2 Å². The molecule has 1 heterocycles. The number of aliphatic hydroxyl groups excluding tert-OH is 1. The summed E-state index contributed by atoms with van der Waals surface area (Å²) in [5.74, 6) is 0.507. The largest absolute Gasteiger partial charge is 0.388 e. The number of carbonyl (C=O) groups is 1. The van der Waals surface area contributed by atoms with Gasteiger partial charge in [-0.05, 0) is 61.3 Å². The zero-order chi connectivity index (χ0) is 21.7. The average Bonchev–Trinajstić information content (AvgIpc) is 3.27. The number of carbonyl (C=O) groups excluding carboxylic acids is 1. The Morgan fingerprint density at radius 3 is 2.77 bits per heavy atom. The highest BCUT2D eigenvalue weighted by Gasteiger charge is 2.32. The van der Waals surface area contributed by atoms with Gasteiger partial charge in [-0.3, -0.25) is 4.79 Å². The fourth-order valence-corrected chi connectivity index (χ4v) is 4.66. The topological polar surface area (TPSA) is 65.5 Å². The van der Waals surface area contributed by atoms with Gasteiger partial charge in [-0.25, -0.2) is 15.4 Å². The highest BCUT2D eigenvalue weighted by atomic mass is 32.1. The lowest BCUT2D eigenvalue weighted by Gasteiger charge is -2.34. The lowest BCUT2D eigenvalue weighted by Crippen LogP contribution is -2.49. The fraction of sp³-hybridized carbons (Fsp3) is 0.583. The number of fused-ring (bicyclic) bond motifs is 1. The molecule has 3 rings (SSSR count). The van der Waals surface area contributed by atoms with E-state index in [4.69, 9.17) is 0 Å². The SMILES string of the molecule is CCC1CCC(O)c2ccc(N(NCCCc3nccs3)C(=O)C(C)(C)CC)cc21. The van der Waals surface area contributed by atoms with Crippen LogP contribution in [0.5, 0.6) is 0 Å². The van der Waals surface area contributed by atoms with Crippen molar-refractivity contribution in [3.63, 3.8) is 0 Å². The minimum absolute atomic E-state index is 0.0728. The van der Waals surface area contributed by atoms with Crippen LogP contribution < -0.4 is 10.4 Å². The standard InChI is InChI=1S/C24H35N3O2S/c1-5-17-9-12-21(28)19-11-10-18(16-20(17)19)27(23(29)24(3,4)6-2)26-13-7-8-22-25-14-15-30-22/h10-11,14-17,21,26,28H,5-9,12-13H2,1-4H3. The van der Waals surface area contributed by atoms with Gasteiger partial charge in [0, 0.05) is 30.0 Å². The van der Waals surface area contributed by atoms with E-state index in [0.717, 1.165) is 54.8 Å². The molecule has 1 amide bonds. The second kappa shape index (κ2) is 10.0. The Morgan fingerprint density at radius 2 is 2.10 bits per heavy atom. The summed E-state index contributed by atoms with van der Waals surface area (Å²) in [6.07, 6.45) is 6.85. The molecule has 1 aromatic heterocycles. The Balaban J connectivity index is 1.83. The van der Waals surface area contributed by atoms with E-state index in [2.05, 4.69) is 30.3 Å².